The number of aromatic carboxylic acids is 1. The molecule has 1 amide bonds. The molecule has 2 rings (SSSR count). The summed E-state index contributed by atoms with van der Waals surface area (Å²) in [6.07, 6.45) is 1.54. The molecule has 0 aliphatic carbocycles. The molecule has 0 spiro atoms. The highest BCUT2D eigenvalue weighted by atomic mass is 16.5. The Morgan fingerprint density at radius 3 is 2.27 bits per heavy atom. The summed E-state index contributed by atoms with van der Waals surface area (Å²) < 4.78 is 4.93. The number of carbonyl (C=O) groups excluding carboxylic acids is 1. The Balaban J connectivity index is 2.38. The minimum Gasteiger partial charge on any atom is -0.480 e. The van der Waals surface area contributed by atoms with Gasteiger partial charge in [0.05, 0.1) is 7.11 Å². The monoisotopic (exact) mass is 300 g/mol. The summed E-state index contributed by atoms with van der Waals surface area (Å²) in [6, 6.07) is 8.40. The molecule has 0 radical (unpaired) electrons. The number of hydrogen-bond acceptors (Lipinski definition) is 4. The number of pyridine rings is 1. The maximum Gasteiger partial charge on any atom is 0.341 e. The lowest BCUT2D eigenvalue weighted by Crippen LogP contribution is -2.21. The lowest BCUT2D eigenvalue weighted by atomic mass is 10.0. The molecule has 1 N–H and O–H groups in total. The summed E-state index contributed by atoms with van der Waals surface area (Å²) >= 11 is 0. The first-order valence-corrected chi connectivity index (χ1v) is 6.53. The van der Waals surface area contributed by atoms with Crippen LogP contribution in [0.3, 0.4) is 0 Å². The fraction of sp³-hybridized carbons (Fsp3) is 0.188. The molecule has 0 atom stereocenters. The van der Waals surface area contributed by atoms with Crippen molar-refractivity contribution in [3.05, 3.63) is 47.7 Å². The van der Waals surface area contributed by atoms with Crippen molar-refractivity contribution >= 4 is 11.9 Å². The average molecular weight is 300 g/mol. The number of carboxylic acid groups (broad SMARTS) is 1. The summed E-state index contributed by atoms with van der Waals surface area (Å²) in [5.41, 5.74) is 1.97. The average Bonchev–Trinajstić information content (AvgIpc) is 2.53. The van der Waals surface area contributed by atoms with Gasteiger partial charge in [-0.25, -0.2) is 9.78 Å². The van der Waals surface area contributed by atoms with E-state index in [4.69, 9.17) is 4.74 Å². The van der Waals surface area contributed by atoms with Crippen LogP contribution < -0.4 is 4.74 Å². The first kappa shape index (κ1) is 15.5. The number of carboxylic acids is 1. The maximum absolute atomic E-state index is 11.8. The molecule has 6 heteroatoms. The SMILES string of the molecule is COc1ncc(-c2ccc(C(=O)N(C)C)cc2)cc1C(=O)O. The Morgan fingerprint density at radius 2 is 1.77 bits per heavy atom. The Kier molecular flexibility index (Phi) is 4.41. The standard InChI is InChI=1S/C16H16N2O4/c1-18(2)15(19)11-6-4-10(5-7-11)12-8-13(16(20)21)14(22-3)17-9-12/h4-9H,1-3H3,(H,20,21). The van der Waals surface area contributed by atoms with Crippen molar-refractivity contribution in [2.24, 2.45) is 0 Å². The maximum atomic E-state index is 11.8. The van der Waals surface area contributed by atoms with Gasteiger partial charge in [0, 0.05) is 31.4 Å². The van der Waals surface area contributed by atoms with Crippen LogP contribution in [-0.4, -0.2) is 48.1 Å². The Morgan fingerprint density at radius 1 is 1.14 bits per heavy atom. The van der Waals surface area contributed by atoms with Crippen molar-refractivity contribution in [1.82, 2.24) is 9.88 Å². The fourth-order valence-corrected chi connectivity index (χ4v) is 1.99. The summed E-state index contributed by atoms with van der Waals surface area (Å²) in [5, 5.41) is 9.18. The molecule has 1 aromatic carbocycles. The van der Waals surface area contributed by atoms with Gasteiger partial charge in [-0.1, -0.05) is 12.1 Å². The van der Waals surface area contributed by atoms with Crippen LogP contribution >= 0.6 is 0 Å². The zero-order valence-corrected chi connectivity index (χ0v) is 12.5. The second kappa shape index (κ2) is 6.26. The summed E-state index contributed by atoms with van der Waals surface area (Å²) in [5.74, 6) is -1.13. The predicted molar refractivity (Wildman–Crippen MR) is 81.2 cm³/mol. The van der Waals surface area contributed by atoms with Crippen LogP contribution in [0.5, 0.6) is 5.88 Å². The molecule has 0 aliphatic rings. The lowest BCUT2D eigenvalue weighted by Gasteiger charge is -2.11. The van der Waals surface area contributed by atoms with Gasteiger partial charge in [-0.2, -0.15) is 0 Å². The highest BCUT2D eigenvalue weighted by Crippen LogP contribution is 2.24. The van der Waals surface area contributed by atoms with Crippen molar-refractivity contribution in [2.75, 3.05) is 21.2 Å². The van der Waals surface area contributed by atoms with Gasteiger partial charge in [-0.05, 0) is 23.8 Å². The van der Waals surface area contributed by atoms with Crippen LogP contribution in [0.1, 0.15) is 20.7 Å². The number of benzene rings is 1. The second-order valence-electron chi connectivity index (χ2n) is 4.86. The minimum absolute atomic E-state index is 0.00607. The lowest BCUT2D eigenvalue weighted by molar-refractivity contribution is 0.0692. The van der Waals surface area contributed by atoms with E-state index in [1.165, 1.54) is 24.3 Å². The highest BCUT2D eigenvalue weighted by molar-refractivity contribution is 5.95. The smallest absolute Gasteiger partial charge is 0.341 e. The molecule has 1 aromatic heterocycles. The Hall–Kier alpha value is -2.89. The van der Waals surface area contributed by atoms with E-state index in [0.717, 1.165) is 5.56 Å². The van der Waals surface area contributed by atoms with Crippen LogP contribution in [0, 0.1) is 0 Å². The van der Waals surface area contributed by atoms with E-state index in [1.807, 2.05) is 0 Å². The van der Waals surface area contributed by atoms with Gasteiger partial charge in [-0.15, -0.1) is 0 Å². The van der Waals surface area contributed by atoms with Gasteiger partial charge in [0.2, 0.25) is 5.88 Å². The van der Waals surface area contributed by atoms with E-state index in [0.29, 0.717) is 11.1 Å². The first-order valence-electron chi connectivity index (χ1n) is 6.53. The van der Waals surface area contributed by atoms with Crippen LogP contribution in [0.15, 0.2) is 36.5 Å². The third-order valence-corrected chi connectivity index (χ3v) is 3.15. The summed E-state index contributed by atoms with van der Waals surface area (Å²) in [7, 11) is 4.74. The van der Waals surface area contributed by atoms with E-state index in [1.54, 1.807) is 38.4 Å². The number of ether oxygens (including phenoxy) is 1. The minimum atomic E-state index is -1.11. The number of hydrogen-bond donors (Lipinski definition) is 1. The van der Waals surface area contributed by atoms with Gasteiger partial charge in [-0.3, -0.25) is 4.79 Å². The second-order valence-corrected chi connectivity index (χ2v) is 4.86. The van der Waals surface area contributed by atoms with Crippen molar-refractivity contribution in [3.8, 4) is 17.0 Å². The molecule has 114 valence electrons. The van der Waals surface area contributed by atoms with E-state index in [9.17, 15) is 14.7 Å². The van der Waals surface area contributed by atoms with Crippen molar-refractivity contribution in [2.45, 2.75) is 0 Å². The molecule has 1 heterocycles. The zero-order valence-electron chi connectivity index (χ0n) is 12.5. The third kappa shape index (κ3) is 3.06. The van der Waals surface area contributed by atoms with E-state index in [2.05, 4.69) is 4.98 Å². The normalized spacial score (nSPS) is 10.1. The molecular weight excluding hydrogens is 284 g/mol. The van der Waals surface area contributed by atoms with Crippen LogP contribution in [-0.2, 0) is 0 Å². The Labute approximate surface area is 128 Å². The van der Waals surface area contributed by atoms with Gasteiger partial charge in [0.15, 0.2) is 0 Å². The molecular formula is C16H16N2O4. The molecule has 0 unspecified atom stereocenters. The van der Waals surface area contributed by atoms with Crippen molar-refractivity contribution in [3.63, 3.8) is 0 Å². The van der Waals surface area contributed by atoms with Crippen molar-refractivity contribution in [1.29, 1.82) is 0 Å². The van der Waals surface area contributed by atoms with Crippen molar-refractivity contribution < 1.29 is 19.4 Å². The van der Waals surface area contributed by atoms with Crippen LogP contribution in [0.25, 0.3) is 11.1 Å². The number of methoxy groups -OCH3 is 1. The molecule has 22 heavy (non-hydrogen) atoms. The predicted octanol–water partition coefficient (Wildman–Crippen LogP) is 2.16. The van der Waals surface area contributed by atoms with E-state index >= 15 is 0 Å². The molecule has 0 aliphatic heterocycles. The molecule has 6 nitrogen and oxygen atoms in total. The molecule has 0 saturated carbocycles. The molecule has 0 saturated heterocycles. The highest BCUT2D eigenvalue weighted by Gasteiger charge is 2.14. The topological polar surface area (TPSA) is 79.7 Å². The van der Waals surface area contributed by atoms with Crippen LogP contribution in [0.4, 0.5) is 0 Å². The molecule has 0 bridgehead atoms. The van der Waals surface area contributed by atoms with Gasteiger partial charge < -0.3 is 14.7 Å². The number of rotatable bonds is 4. The summed E-state index contributed by atoms with van der Waals surface area (Å²) in [4.78, 5) is 28.5. The van der Waals surface area contributed by atoms with Crippen LogP contribution in [0.2, 0.25) is 0 Å². The number of nitrogens with zero attached hydrogens (tertiary/aromatic N) is 2. The number of aromatic nitrogens is 1. The van der Waals surface area contributed by atoms with E-state index < -0.39 is 5.97 Å². The molecule has 0 fully saturated rings. The number of amides is 1. The van der Waals surface area contributed by atoms with E-state index in [-0.39, 0.29) is 17.4 Å². The Bertz CT molecular complexity index is 709. The number of carbonyl (C=O) groups is 2. The van der Waals surface area contributed by atoms with Gasteiger partial charge in [0.1, 0.15) is 5.56 Å². The van der Waals surface area contributed by atoms with Gasteiger partial charge >= 0.3 is 5.97 Å². The largest absolute Gasteiger partial charge is 0.480 e. The molecule has 2 aromatic rings. The quantitative estimate of drug-likeness (QED) is 0.936. The fourth-order valence-electron chi connectivity index (χ4n) is 1.99. The third-order valence-electron chi connectivity index (χ3n) is 3.15. The summed E-state index contributed by atoms with van der Waals surface area (Å²) in [6.45, 7) is 0. The first-order chi connectivity index (χ1) is 10.4. The van der Waals surface area contributed by atoms with Gasteiger partial charge in [0.25, 0.3) is 5.91 Å². The zero-order chi connectivity index (χ0) is 16.3.